The van der Waals surface area contributed by atoms with Gasteiger partial charge in [0.1, 0.15) is 0 Å². The Balaban J connectivity index is 1.60. The third-order valence-corrected chi connectivity index (χ3v) is 58.6. The Morgan fingerprint density at radius 2 is 1.44 bits per heavy atom. The SMILES string of the molecule is CCC1=Cc2c(-c3ccccc3)cccc2[CH]1[Zr]([Cl])([Cl])([c]1cccc2c1Cc1ccccc1-2)[SiH](C)C. The first kappa shape index (κ1) is 24.6. The summed E-state index contributed by atoms with van der Waals surface area (Å²) in [5.74, 6) is -1.53. The average molecular weight is 606 g/mol. The molecule has 0 saturated heterocycles. The predicted molar refractivity (Wildman–Crippen MR) is 158 cm³/mol. The van der Waals surface area contributed by atoms with Gasteiger partial charge in [-0.05, 0) is 0 Å². The molecule has 2 aliphatic carbocycles. The fourth-order valence-electron chi connectivity index (χ4n) is 6.67. The number of rotatable bonds is 5. The van der Waals surface area contributed by atoms with Crippen LogP contribution in [0.15, 0.2) is 96.6 Å². The van der Waals surface area contributed by atoms with Crippen molar-refractivity contribution in [3.8, 4) is 22.3 Å². The number of allylic oxidation sites excluding steroid dienone is 1. The van der Waals surface area contributed by atoms with E-state index >= 15 is 0 Å². The van der Waals surface area contributed by atoms with Gasteiger partial charge in [0.25, 0.3) is 0 Å². The second kappa shape index (κ2) is 8.95. The van der Waals surface area contributed by atoms with Crippen molar-refractivity contribution in [1.29, 1.82) is 0 Å². The van der Waals surface area contributed by atoms with Crippen LogP contribution in [-0.2, 0) is 22.0 Å². The van der Waals surface area contributed by atoms with Gasteiger partial charge in [-0.2, -0.15) is 0 Å². The van der Waals surface area contributed by atoms with Crippen LogP contribution >= 0.6 is 17.0 Å². The Morgan fingerprint density at radius 1 is 0.778 bits per heavy atom. The minimum atomic E-state index is -4.64. The molecule has 36 heavy (non-hydrogen) atoms. The molecule has 4 aromatic rings. The molecule has 0 aromatic heterocycles. The first-order chi connectivity index (χ1) is 17.3. The molecule has 4 aromatic carbocycles. The van der Waals surface area contributed by atoms with Crippen molar-refractivity contribution >= 4 is 32.3 Å². The molecule has 0 radical (unpaired) electrons. The van der Waals surface area contributed by atoms with Crippen molar-refractivity contribution in [2.75, 3.05) is 0 Å². The van der Waals surface area contributed by atoms with Crippen LogP contribution in [0.5, 0.6) is 0 Å². The third kappa shape index (κ3) is 3.48. The van der Waals surface area contributed by atoms with Gasteiger partial charge < -0.3 is 0 Å². The Kier molecular flexibility index (Phi) is 6.12. The van der Waals surface area contributed by atoms with Gasteiger partial charge in [-0.3, -0.25) is 0 Å². The molecule has 0 aliphatic heterocycles. The van der Waals surface area contributed by atoms with Crippen LogP contribution in [0.4, 0.5) is 0 Å². The molecule has 0 N–H and O–H groups in total. The maximum absolute atomic E-state index is 8.28. The Labute approximate surface area is 223 Å². The molecular formula is C32H31Cl2SiZr. The molecule has 0 saturated carbocycles. The summed E-state index contributed by atoms with van der Waals surface area (Å²) in [5.41, 5.74) is 12.1. The van der Waals surface area contributed by atoms with Crippen LogP contribution in [0.1, 0.15) is 39.2 Å². The third-order valence-electron chi connectivity index (χ3n) is 8.60. The van der Waals surface area contributed by atoms with Gasteiger partial charge in [0.05, 0.1) is 0 Å². The van der Waals surface area contributed by atoms with E-state index in [9.17, 15) is 0 Å². The molecule has 0 fully saturated rings. The van der Waals surface area contributed by atoms with E-state index in [1.54, 1.807) is 0 Å². The van der Waals surface area contributed by atoms with Crippen LogP contribution < -0.4 is 3.27 Å². The Morgan fingerprint density at radius 3 is 2.19 bits per heavy atom. The Bertz CT molecular complexity index is 1520. The molecule has 6 rings (SSSR count). The van der Waals surface area contributed by atoms with Gasteiger partial charge in [-0.1, -0.05) is 0 Å². The summed E-state index contributed by atoms with van der Waals surface area (Å²) in [6, 6.07) is 33.0. The van der Waals surface area contributed by atoms with Gasteiger partial charge in [-0.15, -0.1) is 0 Å². The van der Waals surface area contributed by atoms with Gasteiger partial charge in [0.2, 0.25) is 0 Å². The van der Waals surface area contributed by atoms with Gasteiger partial charge in [0.15, 0.2) is 0 Å². The first-order valence-electron chi connectivity index (χ1n) is 13.0. The van der Waals surface area contributed by atoms with E-state index < -0.39 is 21.5 Å². The van der Waals surface area contributed by atoms with Crippen LogP contribution in [0.25, 0.3) is 28.3 Å². The van der Waals surface area contributed by atoms with E-state index in [1.165, 1.54) is 53.4 Å². The van der Waals surface area contributed by atoms with Crippen molar-refractivity contribution in [3.63, 3.8) is 0 Å². The average Bonchev–Trinajstić information content (AvgIpc) is 3.48. The van der Waals surface area contributed by atoms with E-state index in [4.69, 9.17) is 17.0 Å². The number of benzene rings is 4. The maximum atomic E-state index is 8.28. The molecule has 0 bridgehead atoms. The number of halogens is 2. The van der Waals surface area contributed by atoms with E-state index in [-0.39, 0.29) is 3.63 Å². The molecule has 0 spiro atoms. The van der Waals surface area contributed by atoms with Gasteiger partial charge >= 0.3 is 225 Å². The quantitative estimate of drug-likeness (QED) is 0.175. The van der Waals surface area contributed by atoms with Crippen LogP contribution in [0, 0.1) is 0 Å². The predicted octanol–water partition coefficient (Wildman–Crippen LogP) is 9.08. The van der Waals surface area contributed by atoms with Gasteiger partial charge in [-0.25, -0.2) is 0 Å². The number of hydrogen-bond donors (Lipinski definition) is 0. The molecule has 0 nitrogen and oxygen atoms in total. The van der Waals surface area contributed by atoms with Crippen LogP contribution in [-0.4, -0.2) is 5.92 Å². The summed E-state index contributed by atoms with van der Waals surface area (Å²) < 4.78 is 1.44. The molecule has 181 valence electrons. The van der Waals surface area contributed by atoms with E-state index in [0.29, 0.717) is 0 Å². The topological polar surface area (TPSA) is 0 Å². The van der Waals surface area contributed by atoms with Crippen LogP contribution in [0.3, 0.4) is 0 Å². The fraction of sp³-hybridized carbons (Fsp3) is 0.188. The molecule has 1 atom stereocenters. The summed E-state index contributed by atoms with van der Waals surface area (Å²) in [6.07, 6.45) is 4.32. The van der Waals surface area contributed by atoms with Crippen molar-refractivity contribution in [2.45, 2.75) is 36.5 Å². The van der Waals surface area contributed by atoms with E-state index in [0.717, 1.165) is 12.8 Å². The van der Waals surface area contributed by atoms with Gasteiger partial charge in [0, 0.05) is 0 Å². The molecule has 4 heteroatoms. The van der Waals surface area contributed by atoms with E-state index in [1.807, 2.05) is 0 Å². The molecule has 0 heterocycles. The van der Waals surface area contributed by atoms with Crippen LogP contribution in [0.2, 0.25) is 13.1 Å². The van der Waals surface area contributed by atoms with Crippen molar-refractivity contribution in [3.05, 3.63) is 119 Å². The standard InChI is InChI=1S/C17H15.C13H9.C2H7Si.2ClH.Zr/c1-2-13-11-15-9-6-10-16(17(15)12-13)14-7-4-3-5-8-14;1-3-7-12-10(5-1)9-11-6-2-4-8-13(11)12;1-3-2;;;/h3-12H,2H2,1H3;1-5,7-8H,9H2;3H,1-2H3;2*1H;/q;;;;;+2/p-2. The normalized spacial score (nSPS) is 17.2. The zero-order valence-electron chi connectivity index (χ0n) is 21.1. The summed E-state index contributed by atoms with van der Waals surface area (Å²) >= 11 is -4.64. The second-order valence-electron chi connectivity index (χ2n) is 10.7. The minimum absolute atomic E-state index is 0.125. The zero-order chi connectivity index (χ0) is 25.1. The molecular weight excluding hydrogens is 575 g/mol. The second-order valence-corrected chi connectivity index (χ2v) is 52.1. The summed E-state index contributed by atoms with van der Waals surface area (Å²) in [4.78, 5) is 0. The molecule has 0 amide bonds. The van der Waals surface area contributed by atoms with Crippen molar-refractivity contribution in [1.82, 2.24) is 0 Å². The first-order valence-corrected chi connectivity index (χ1v) is 29.1. The summed E-state index contributed by atoms with van der Waals surface area (Å²) in [5, 5.41) is 0. The monoisotopic (exact) mass is 603 g/mol. The molecule has 2 aliphatic rings. The Hall–Kier alpha value is -1.70. The van der Waals surface area contributed by atoms with E-state index in [2.05, 4.69) is 117 Å². The summed E-state index contributed by atoms with van der Waals surface area (Å²) in [7, 11) is 16.6. The number of hydrogen-bond acceptors (Lipinski definition) is 0. The van der Waals surface area contributed by atoms with Crippen molar-refractivity contribution < 1.29 is 15.6 Å². The number of fused-ring (bicyclic) bond motifs is 4. The molecule has 1 unspecified atom stereocenters. The fourth-order valence-corrected chi connectivity index (χ4v) is 34.7. The van der Waals surface area contributed by atoms with Crippen molar-refractivity contribution in [2.24, 2.45) is 0 Å². The summed E-state index contributed by atoms with van der Waals surface area (Å²) in [6.45, 7) is 7.07. The zero-order valence-corrected chi connectivity index (χ0v) is 26.2.